The van der Waals surface area contributed by atoms with Crippen LogP contribution in [0.3, 0.4) is 0 Å². The minimum absolute atomic E-state index is 0.0364. The first-order valence-corrected chi connectivity index (χ1v) is 7.57. The van der Waals surface area contributed by atoms with Crippen LogP contribution in [0, 0.1) is 10.1 Å². The highest BCUT2D eigenvalue weighted by Crippen LogP contribution is 2.28. The van der Waals surface area contributed by atoms with E-state index >= 15 is 0 Å². The lowest BCUT2D eigenvalue weighted by atomic mass is 10.1. The zero-order chi connectivity index (χ0) is 15.4. The molecule has 0 bridgehead atoms. The second kappa shape index (κ2) is 7.02. The van der Waals surface area contributed by atoms with Gasteiger partial charge in [0.25, 0.3) is 5.69 Å². The molecule has 2 aromatic carbocycles. The quantitative estimate of drug-likeness (QED) is 0.605. The Balaban J connectivity index is 2.17. The maximum atomic E-state index is 11.1. The van der Waals surface area contributed by atoms with Crippen molar-refractivity contribution in [2.45, 2.75) is 19.5 Å². The van der Waals surface area contributed by atoms with Crippen LogP contribution < -0.4 is 5.32 Å². The predicted octanol–water partition coefficient (Wildman–Crippen LogP) is 4.86. The summed E-state index contributed by atoms with van der Waals surface area (Å²) in [6, 6.07) is 12.6. The average Bonchev–Trinajstić information content (AvgIpc) is 2.45. The summed E-state index contributed by atoms with van der Waals surface area (Å²) in [6.07, 6.45) is 0. The second-order valence-electron chi connectivity index (χ2n) is 4.62. The van der Waals surface area contributed by atoms with Gasteiger partial charge in [0.2, 0.25) is 0 Å². The molecule has 0 radical (unpaired) electrons. The number of nitrogens with one attached hydrogen (secondary N) is 1. The van der Waals surface area contributed by atoms with Crippen molar-refractivity contribution in [3.8, 4) is 0 Å². The Morgan fingerprint density at radius 3 is 2.67 bits per heavy atom. The summed E-state index contributed by atoms with van der Waals surface area (Å²) >= 11 is 9.58. The van der Waals surface area contributed by atoms with Crippen LogP contribution >= 0.6 is 27.5 Å². The predicted molar refractivity (Wildman–Crippen MR) is 87.5 cm³/mol. The fourth-order valence-electron chi connectivity index (χ4n) is 2.08. The van der Waals surface area contributed by atoms with E-state index in [9.17, 15) is 10.1 Å². The molecule has 0 saturated heterocycles. The summed E-state index contributed by atoms with van der Waals surface area (Å²) in [6.45, 7) is 2.33. The van der Waals surface area contributed by atoms with Gasteiger partial charge in [0.05, 0.1) is 15.5 Å². The number of hydrogen-bond donors (Lipinski definition) is 1. The van der Waals surface area contributed by atoms with Crippen LogP contribution in [0.2, 0.25) is 5.02 Å². The third-order valence-electron chi connectivity index (χ3n) is 3.25. The van der Waals surface area contributed by atoms with Crippen molar-refractivity contribution < 1.29 is 4.92 Å². The molecule has 1 N–H and O–H groups in total. The van der Waals surface area contributed by atoms with Crippen molar-refractivity contribution in [3.05, 3.63) is 73.2 Å². The van der Waals surface area contributed by atoms with E-state index in [0.717, 1.165) is 10.0 Å². The van der Waals surface area contributed by atoms with Gasteiger partial charge < -0.3 is 5.32 Å². The molecule has 0 unspecified atom stereocenters. The highest BCUT2D eigenvalue weighted by Gasteiger charge is 2.17. The number of benzene rings is 2. The van der Waals surface area contributed by atoms with E-state index in [1.54, 1.807) is 12.1 Å². The fraction of sp³-hybridized carbons (Fsp3) is 0.200. The van der Waals surface area contributed by atoms with Gasteiger partial charge in [-0.05, 0) is 24.6 Å². The maximum absolute atomic E-state index is 11.1. The summed E-state index contributed by atoms with van der Waals surface area (Å²) in [7, 11) is 0. The Bertz CT molecular complexity index is 664. The molecule has 0 aromatic heterocycles. The lowest BCUT2D eigenvalue weighted by Gasteiger charge is -2.16. The molecule has 0 amide bonds. The average molecular weight is 370 g/mol. The van der Waals surface area contributed by atoms with Gasteiger partial charge in [-0.25, -0.2) is 0 Å². The van der Waals surface area contributed by atoms with Crippen LogP contribution in [0.15, 0.2) is 46.9 Å². The van der Waals surface area contributed by atoms with E-state index in [1.807, 2.05) is 31.2 Å². The van der Waals surface area contributed by atoms with Gasteiger partial charge in [0, 0.05) is 23.1 Å². The molecule has 0 saturated carbocycles. The Morgan fingerprint density at radius 2 is 2.00 bits per heavy atom. The molecule has 0 aliphatic carbocycles. The monoisotopic (exact) mass is 368 g/mol. The molecule has 1 atom stereocenters. The van der Waals surface area contributed by atoms with Crippen molar-refractivity contribution in [1.82, 2.24) is 5.32 Å². The van der Waals surface area contributed by atoms with Gasteiger partial charge in [-0.2, -0.15) is 0 Å². The van der Waals surface area contributed by atoms with E-state index < -0.39 is 4.92 Å². The van der Waals surface area contributed by atoms with Crippen molar-refractivity contribution in [2.75, 3.05) is 0 Å². The summed E-state index contributed by atoms with van der Waals surface area (Å²) in [5.41, 5.74) is 1.63. The van der Waals surface area contributed by atoms with Gasteiger partial charge in [-0.1, -0.05) is 51.8 Å². The number of nitro groups is 1. The Hall–Kier alpha value is -1.43. The van der Waals surface area contributed by atoms with E-state index in [1.165, 1.54) is 6.07 Å². The molecule has 0 spiro atoms. The van der Waals surface area contributed by atoms with Crippen LogP contribution in [0.25, 0.3) is 0 Å². The number of rotatable bonds is 5. The molecule has 2 aromatic rings. The highest BCUT2D eigenvalue weighted by molar-refractivity contribution is 9.10. The third kappa shape index (κ3) is 3.81. The molecule has 0 aliphatic rings. The summed E-state index contributed by atoms with van der Waals surface area (Å²) < 4.78 is 0.999. The van der Waals surface area contributed by atoms with Crippen molar-refractivity contribution >= 4 is 33.2 Å². The number of halogens is 2. The summed E-state index contributed by atoms with van der Waals surface area (Å²) in [5.74, 6) is 0. The van der Waals surface area contributed by atoms with Crippen molar-refractivity contribution in [1.29, 1.82) is 0 Å². The minimum atomic E-state index is -0.411. The molecule has 2 rings (SSSR count). The third-order valence-corrected chi connectivity index (χ3v) is 4.32. The molecular weight excluding hydrogens is 356 g/mol. The smallest absolute Gasteiger partial charge is 0.275 e. The van der Waals surface area contributed by atoms with Crippen molar-refractivity contribution in [3.63, 3.8) is 0 Å². The first kappa shape index (κ1) is 15.9. The van der Waals surface area contributed by atoms with E-state index in [4.69, 9.17) is 11.6 Å². The standard InChI is InChI=1S/C15H14BrClN2O2/c1-10(11-5-2-3-6-13(11)16)18-9-12-14(17)7-4-8-15(12)19(20)21/h2-8,10,18H,9H2,1H3/t10-/m0/s1. The molecular formula is C15H14BrClN2O2. The topological polar surface area (TPSA) is 55.2 Å². The van der Waals surface area contributed by atoms with E-state index in [-0.39, 0.29) is 11.7 Å². The molecule has 0 aliphatic heterocycles. The lowest BCUT2D eigenvalue weighted by Crippen LogP contribution is -2.19. The van der Waals surface area contributed by atoms with Crippen LogP contribution in [-0.4, -0.2) is 4.92 Å². The van der Waals surface area contributed by atoms with Gasteiger partial charge in [0.15, 0.2) is 0 Å². The zero-order valence-electron chi connectivity index (χ0n) is 11.3. The van der Waals surface area contributed by atoms with Crippen LogP contribution in [0.5, 0.6) is 0 Å². The fourth-order valence-corrected chi connectivity index (χ4v) is 2.95. The Morgan fingerprint density at radius 1 is 1.29 bits per heavy atom. The zero-order valence-corrected chi connectivity index (χ0v) is 13.7. The number of nitrogens with zero attached hydrogens (tertiary/aromatic N) is 1. The highest BCUT2D eigenvalue weighted by atomic mass is 79.9. The van der Waals surface area contributed by atoms with Gasteiger partial charge in [-0.3, -0.25) is 10.1 Å². The molecule has 0 heterocycles. The van der Waals surface area contributed by atoms with Crippen molar-refractivity contribution in [2.24, 2.45) is 0 Å². The van der Waals surface area contributed by atoms with E-state index in [0.29, 0.717) is 17.1 Å². The second-order valence-corrected chi connectivity index (χ2v) is 5.88. The molecule has 110 valence electrons. The SMILES string of the molecule is C[C@H](NCc1c(Cl)cccc1[N+](=O)[O-])c1ccccc1Br. The molecule has 0 fully saturated rings. The largest absolute Gasteiger partial charge is 0.306 e. The van der Waals surface area contributed by atoms with Crippen LogP contribution in [0.1, 0.15) is 24.1 Å². The van der Waals surface area contributed by atoms with Gasteiger partial charge in [-0.15, -0.1) is 0 Å². The number of hydrogen-bond acceptors (Lipinski definition) is 3. The van der Waals surface area contributed by atoms with Gasteiger partial charge in [0.1, 0.15) is 0 Å². The minimum Gasteiger partial charge on any atom is -0.306 e. The Labute approximate surface area is 136 Å². The van der Waals surface area contributed by atoms with Gasteiger partial charge >= 0.3 is 0 Å². The molecule has 4 nitrogen and oxygen atoms in total. The Kier molecular flexibility index (Phi) is 5.33. The number of nitro benzene ring substituents is 1. The summed E-state index contributed by atoms with van der Waals surface area (Å²) in [4.78, 5) is 10.6. The van der Waals surface area contributed by atoms with Crippen LogP contribution in [-0.2, 0) is 6.54 Å². The maximum Gasteiger partial charge on any atom is 0.275 e. The first-order valence-electron chi connectivity index (χ1n) is 6.40. The first-order chi connectivity index (χ1) is 10.0. The normalized spacial score (nSPS) is 12.1. The van der Waals surface area contributed by atoms with Crippen LogP contribution in [0.4, 0.5) is 5.69 Å². The lowest BCUT2D eigenvalue weighted by molar-refractivity contribution is -0.385. The molecule has 21 heavy (non-hydrogen) atoms. The summed E-state index contributed by atoms with van der Waals surface area (Å²) in [5, 5.41) is 14.7. The molecule has 6 heteroatoms. The van der Waals surface area contributed by atoms with E-state index in [2.05, 4.69) is 21.2 Å².